The summed E-state index contributed by atoms with van der Waals surface area (Å²) in [5.41, 5.74) is -0.206. The molecule has 15 heavy (non-hydrogen) atoms. The first-order valence-corrected chi connectivity index (χ1v) is 4.64. The molecular formula is C10H9ClF2O2. The minimum atomic E-state index is -1.08. The number of rotatable bonds is 3. The fourth-order valence-electron chi connectivity index (χ4n) is 1.12. The summed E-state index contributed by atoms with van der Waals surface area (Å²) in [6.45, 7) is 0. The molecule has 1 aromatic rings. The van der Waals surface area contributed by atoms with E-state index in [4.69, 9.17) is 11.6 Å². The van der Waals surface area contributed by atoms with Crippen molar-refractivity contribution in [3.63, 3.8) is 0 Å². The lowest BCUT2D eigenvalue weighted by Crippen LogP contribution is -2.19. The van der Waals surface area contributed by atoms with Crippen LogP contribution in [0.25, 0.3) is 0 Å². The first kappa shape index (κ1) is 11.9. The van der Waals surface area contributed by atoms with Gasteiger partial charge in [0.15, 0.2) is 0 Å². The van der Waals surface area contributed by atoms with Gasteiger partial charge in [0.1, 0.15) is 17.0 Å². The van der Waals surface area contributed by atoms with Gasteiger partial charge < -0.3 is 4.74 Å². The smallest absolute Gasteiger partial charge is 0.324 e. The van der Waals surface area contributed by atoms with Crippen molar-refractivity contribution in [3.8, 4) is 0 Å². The highest BCUT2D eigenvalue weighted by Crippen LogP contribution is 2.16. The van der Waals surface area contributed by atoms with Crippen molar-refractivity contribution in [1.82, 2.24) is 0 Å². The molecule has 2 nitrogen and oxygen atoms in total. The van der Waals surface area contributed by atoms with Gasteiger partial charge in [-0.3, -0.25) is 4.79 Å². The predicted octanol–water partition coefficient (Wildman–Crippen LogP) is 2.29. The second kappa shape index (κ2) is 5.07. The summed E-state index contributed by atoms with van der Waals surface area (Å²) in [6, 6.07) is 3.47. The Labute approximate surface area is 90.8 Å². The quantitative estimate of drug-likeness (QED) is 0.593. The first-order chi connectivity index (χ1) is 7.06. The Kier molecular flexibility index (Phi) is 4.03. The summed E-state index contributed by atoms with van der Waals surface area (Å²) >= 11 is 5.60. The molecule has 0 aliphatic rings. The first-order valence-electron chi connectivity index (χ1n) is 4.21. The second-order valence-corrected chi connectivity index (χ2v) is 3.42. The van der Waals surface area contributed by atoms with Gasteiger partial charge in [-0.15, -0.1) is 11.6 Å². The lowest BCUT2D eigenvalue weighted by Gasteiger charge is -2.08. The molecule has 1 unspecified atom stereocenters. The highest BCUT2D eigenvalue weighted by Gasteiger charge is 2.20. The number of carbonyl (C=O) groups excluding carboxylic acids is 1. The molecule has 0 fully saturated rings. The van der Waals surface area contributed by atoms with Crippen LogP contribution in [0.4, 0.5) is 8.78 Å². The molecule has 0 radical (unpaired) electrons. The Morgan fingerprint density at radius 1 is 1.47 bits per heavy atom. The number of ether oxygens (including phenoxy) is 1. The van der Waals surface area contributed by atoms with E-state index in [0.29, 0.717) is 0 Å². The zero-order valence-corrected chi connectivity index (χ0v) is 8.72. The van der Waals surface area contributed by atoms with E-state index < -0.39 is 23.0 Å². The van der Waals surface area contributed by atoms with Crippen LogP contribution in [0.2, 0.25) is 0 Å². The fourth-order valence-corrected chi connectivity index (χ4v) is 1.36. The Morgan fingerprint density at radius 2 is 2.00 bits per heavy atom. The molecule has 0 bridgehead atoms. The van der Waals surface area contributed by atoms with Crippen molar-refractivity contribution in [1.29, 1.82) is 0 Å². The Morgan fingerprint density at radius 3 is 2.47 bits per heavy atom. The van der Waals surface area contributed by atoms with Gasteiger partial charge in [-0.1, -0.05) is 6.07 Å². The molecule has 0 aliphatic carbocycles. The molecule has 0 aromatic heterocycles. The van der Waals surface area contributed by atoms with Gasteiger partial charge in [0, 0.05) is 12.0 Å². The number of carbonyl (C=O) groups is 1. The van der Waals surface area contributed by atoms with E-state index in [0.717, 1.165) is 19.2 Å². The SMILES string of the molecule is COC(=O)C(Cl)Cc1c(F)cccc1F. The van der Waals surface area contributed by atoms with Crippen LogP contribution >= 0.6 is 11.6 Å². The van der Waals surface area contributed by atoms with Crippen LogP contribution in [0.3, 0.4) is 0 Å². The van der Waals surface area contributed by atoms with Crippen molar-refractivity contribution in [2.45, 2.75) is 11.8 Å². The molecule has 0 saturated heterocycles. The molecule has 0 N–H and O–H groups in total. The number of hydrogen-bond acceptors (Lipinski definition) is 2. The van der Waals surface area contributed by atoms with Crippen molar-refractivity contribution >= 4 is 17.6 Å². The van der Waals surface area contributed by atoms with E-state index in [9.17, 15) is 13.6 Å². The minimum absolute atomic E-state index is 0.206. The van der Waals surface area contributed by atoms with Crippen molar-refractivity contribution in [2.75, 3.05) is 7.11 Å². The summed E-state index contributed by atoms with van der Waals surface area (Å²) in [5, 5.41) is -1.08. The van der Waals surface area contributed by atoms with E-state index in [1.807, 2.05) is 0 Å². The van der Waals surface area contributed by atoms with Crippen LogP contribution in [-0.4, -0.2) is 18.5 Å². The highest BCUT2D eigenvalue weighted by molar-refractivity contribution is 6.30. The van der Waals surface area contributed by atoms with Crippen molar-refractivity contribution in [3.05, 3.63) is 35.4 Å². The van der Waals surface area contributed by atoms with E-state index in [2.05, 4.69) is 4.74 Å². The van der Waals surface area contributed by atoms with E-state index in [-0.39, 0.29) is 12.0 Å². The number of hydrogen-bond donors (Lipinski definition) is 0. The third kappa shape index (κ3) is 2.89. The molecule has 0 amide bonds. The van der Waals surface area contributed by atoms with E-state index in [1.165, 1.54) is 6.07 Å². The zero-order chi connectivity index (χ0) is 11.4. The van der Waals surface area contributed by atoms with Crippen molar-refractivity contribution < 1.29 is 18.3 Å². The van der Waals surface area contributed by atoms with Crippen LogP contribution < -0.4 is 0 Å². The zero-order valence-electron chi connectivity index (χ0n) is 7.97. The van der Waals surface area contributed by atoms with Gasteiger partial charge in [0.05, 0.1) is 7.11 Å². The van der Waals surface area contributed by atoms with Crippen LogP contribution in [0.1, 0.15) is 5.56 Å². The number of halogens is 3. The lowest BCUT2D eigenvalue weighted by molar-refractivity contribution is -0.140. The van der Waals surface area contributed by atoms with Gasteiger partial charge >= 0.3 is 5.97 Å². The topological polar surface area (TPSA) is 26.3 Å². The van der Waals surface area contributed by atoms with Crippen LogP contribution in [0, 0.1) is 11.6 Å². The Balaban J connectivity index is 2.85. The number of alkyl halides is 1. The standard InChI is InChI=1S/C10H9ClF2O2/c1-15-10(14)7(11)5-6-8(12)3-2-4-9(6)13/h2-4,7H,5H2,1H3. The summed E-state index contributed by atoms with van der Waals surface area (Å²) in [6.07, 6.45) is -0.229. The van der Waals surface area contributed by atoms with Crippen LogP contribution in [-0.2, 0) is 16.0 Å². The normalized spacial score (nSPS) is 12.3. The Hall–Kier alpha value is -1.16. The summed E-state index contributed by atoms with van der Waals surface area (Å²) in [7, 11) is 1.16. The molecule has 82 valence electrons. The van der Waals surface area contributed by atoms with Gasteiger partial charge in [-0.25, -0.2) is 8.78 Å². The molecule has 0 spiro atoms. The molecule has 1 rings (SSSR count). The second-order valence-electron chi connectivity index (χ2n) is 2.90. The highest BCUT2D eigenvalue weighted by atomic mass is 35.5. The Bertz CT molecular complexity index is 348. The van der Waals surface area contributed by atoms with Gasteiger partial charge in [0.25, 0.3) is 0 Å². The maximum Gasteiger partial charge on any atom is 0.324 e. The van der Waals surface area contributed by atoms with Gasteiger partial charge in [-0.05, 0) is 12.1 Å². The predicted molar refractivity (Wildman–Crippen MR) is 51.7 cm³/mol. The lowest BCUT2D eigenvalue weighted by atomic mass is 10.1. The molecule has 1 atom stereocenters. The average molecular weight is 235 g/mol. The fraction of sp³-hybridized carbons (Fsp3) is 0.300. The largest absolute Gasteiger partial charge is 0.468 e. The number of methoxy groups -OCH3 is 1. The van der Waals surface area contributed by atoms with Gasteiger partial charge in [0.2, 0.25) is 0 Å². The van der Waals surface area contributed by atoms with E-state index >= 15 is 0 Å². The molecule has 0 saturated carbocycles. The molecule has 5 heteroatoms. The van der Waals surface area contributed by atoms with Crippen molar-refractivity contribution in [2.24, 2.45) is 0 Å². The third-order valence-electron chi connectivity index (χ3n) is 1.90. The molecular weight excluding hydrogens is 226 g/mol. The van der Waals surface area contributed by atoms with Crippen LogP contribution in [0.5, 0.6) is 0 Å². The number of benzene rings is 1. The summed E-state index contributed by atoms with van der Waals surface area (Å²) in [5.74, 6) is -2.14. The monoisotopic (exact) mass is 234 g/mol. The molecule has 0 heterocycles. The third-order valence-corrected chi connectivity index (χ3v) is 2.23. The number of esters is 1. The van der Waals surface area contributed by atoms with E-state index in [1.54, 1.807) is 0 Å². The minimum Gasteiger partial charge on any atom is -0.468 e. The van der Waals surface area contributed by atoms with Gasteiger partial charge in [-0.2, -0.15) is 0 Å². The molecule has 1 aromatic carbocycles. The summed E-state index contributed by atoms with van der Waals surface area (Å²) < 4.78 is 30.6. The maximum atomic E-state index is 13.1. The average Bonchev–Trinajstić information content (AvgIpc) is 2.22. The van der Waals surface area contributed by atoms with Crippen LogP contribution in [0.15, 0.2) is 18.2 Å². The summed E-state index contributed by atoms with van der Waals surface area (Å²) in [4.78, 5) is 10.9. The maximum absolute atomic E-state index is 13.1. The molecule has 0 aliphatic heterocycles.